The predicted octanol–water partition coefficient (Wildman–Crippen LogP) is 2.11. The van der Waals surface area contributed by atoms with Gasteiger partial charge in [0.1, 0.15) is 5.75 Å². The van der Waals surface area contributed by atoms with E-state index in [1.807, 2.05) is 20.8 Å². The topological polar surface area (TPSA) is 87.7 Å². The fourth-order valence-corrected chi connectivity index (χ4v) is 2.65. The number of hydrogen-bond acceptors (Lipinski definition) is 4. The van der Waals surface area contributed by atoms with E-state index >= 15 is 0 Å². The van der Waals surface area contributed by atoms with Crippen LogP contribution in [-0.4, -0.2) is 46.0 Å². The smallest absolute Gasteiger partial charge is 0.319 e. The van der Waals surface area contributed by atoms with Gasteiger partial charge in [-0.15, -0.1) is 0 Å². The van der Waals surface area contributed by atoms with Gasteiger partial charge < -0.3 is 15.4 Å². The molecule has 8 heteroatoms. The molecule has 0 atom stereocenters. The lowest BCUT2D eigenvalue weighted by Gasteiger charge is -2.16. The van der Waals surface area contributed by atoms with Crippen LogP contribution in [0, 0.1) is 5.92 Å². The Hall–Kier alpha value is -1.80. The molecule has 2 N–H and O–H groups in total. The first-order chi connectivity index (χ1) is 10.7. The lowest BCUT2D eigenvalue weighted by molar-refractivity contribution is 0.250. The number of carbonyl (C=O) groups is 1. The molecule has 7 nitrogen and oxygen atoms in total. The van der Waals surface area contributed by atoms with Crippen molar-refractivity contribution in [3.8, 4) is 5.75 Å². The molecule has 0 aliphatic rings. The maximum Gasteiger partial charge on any atom is 0.319 e. The summed E-state index contributed by atoms with van der Waals surface area (Å²) in [5.41, 5.74) is 0.316. The highest BCUT2D eigenvalue weighted by atomic mass is 32.2. The van der Waals surface area contributed by atoms with Gasteiger partial charge in [-0.1, -0.05) is 13.8 Å². The average molecular weight is 343 g/mol. The Morgan fingerprint density at radius 1 is 1.30 bits per heavy atom. The Morgan fingerprint density at radius 3 is 2.48 bits per heavy atom. The Labute approximate surface area is 138 Å². The number of rotatable bonds is 7. The van der Waals surface area contributed by atoms with Crippen molar-refractivity contribution in [1.29, 1.82) is 0 Å². The van der Waals surface area contributed by atoms with Crippen LogP contribution in [0.5, 0.6) is 5.75 Å². The van der Waals surface area contributed by atoms with E-state index in [9.17, 15) is 13.2 Å². The number of amides is 2. The van der Waals surface area contributed by atoms with Crippen molar-refractivity contribution in [2.75, 3.05) is 32.6 Å². The Bertz CT molecular complexity index is 642. The Kier molecular flexibility index (Phi) is 6.83. The van der Waals surface area contributed by atoms with E-state index in [0.29, 0.717) is 30.5 Å². The Morgan fingerprint density at radius 2 is 1.96 bits per heavy atom. The zero-order valence-electron chi connectivity index (χ0n) is 14.2. The summed E-state index contributed by atoms with van der Waals surface area (Å²) in [5.74, 6) is 0.734. The van der Waals surface area contributed by atoms with E-state index in [2.05, 4.69) is 10.6 Å². The van der Waals surface area contributed by atoms with Gasteiger partial charge in [0.2, 0.25) is 10.0 Å². The van der Waals surface area contributed by atoms with Gasteiger partial charge in [0.05, 0.1) is 17.2 Å². The van der Waals surface area contributed by atoms with Gasteiger partial charge in [0.15, 0.2) is 0 Å². The summed E-state index contributed by atoms with van der Waals surface area (Å²) in [5, 5.41) is 5.36. The van der Waals surface area contributed by atoms with Gasteiger partial charge in [-0.05, 0) is 31.0 Å². The van der Waals surface area contributed by atoms with Gasteiger partial charge in [-0.2, -0.15) is 0 Å². The molecule has 1 aromatic rings. The van der Waals surface area contributed by atoms with Gasteiger partial charge in [-0.25, -0.2) is 17.5 Å². The number of sulfonamides is 1. The molecule has 0 aromatic heterocycles. The lowest BCUT2D eigenvalue weighted by Crippen LogP contribution is -2.32. The van der Waals surface area contributed by atoms with E-state index in [1.165, 1.54) is 32.3 Å². The van der Waals surface area contributed by atoms with Crippen molar-refractivity contribution >= 4 is 21.7 Å². The molecular formula is C15H25N3O4S. The fraction of sp³-hybridized carbons (Fsp3) is 0.533. The van der Waals surface area contributed by atoms with E-state index < -0.39 is 16.1 Å². The zero-order valence-corrected chi connectivity index (χ0v) is 15.0. The maximum absolute atomic E-state index is 12.2. The second kappa shape index (κ2) is 8.16. The van der Waals surface area contributed by atoms with Crippen LogP contribution in [0.25, 0.3) is 0 Å². The van der Waals surface area contributed by atoms with Gasteiger partial charge in [-0.3, -0.25) is 0 Å². The summed E-state index contributed by atoms with van der Waals surface area (Å²) in [4.78, 5) is 12.0. The SMILES string of the molecule is CCOc1ccc(S(=O)(=O)N(C)C)cc1NC(=O)NCC(C)C. The second-order valence-electron chi connectivity index (χ2n) is 5.61. The summed E-state index contributed by atoms with van der Waals surface area (Å²) in [6, 6.07) is 3.99. The minimum absolute atomic E-state index is 0.0881. The molecule has 0 spiro atoms. The molecule has 1 aromatic carbocycles. The van der Waals surface area contributed by atoms with E-state index in [-0.39, 0.29) is 4.90 Å². The third kappa shape index (κ3) is 5.40. The number of urea groups is 1. The molecule has 23 heavy (non-hydrogen) atoms. The molecule has 0 aliphatic carbocycles. The summed E-state index contributed by atoms with van der Waals surface area (Å²) in [7, 11) is -0.681. The van der Waals surface area contributed by atoms with E-state index in [0.717, 1.165) is 4.31 Å². The van der Waals surface area contributed by atoms with Crippen LogP contribution < -0.4 is 15.4 Å². The number of nitrogens with zero attached hydrogens (tertiary/aromatic N) is 1. The fourth-order valence-electron chi connectivity index (χ4n) is 1.72. The van der Waals surface area contributed by atoms with Crippen LogP contribution in [0.4, 0.5) is 10.5 Å². The second-order valence-corrected chi connectivity index (χ2v) is 7.76. The van der Waals surface area contributed by atoms with Crippen molar-refractivity contribution in [3.05, 3.63) is 18.2 Å². The number of ether oxygens (including phenoxy) is 1. The normalized spacial score (nSPS) is 11.6. The molecule has 0 saturated heterocycles. The summed E-state index contributed by atoms with van der Waals surface area (Å²) < 4.78 is 31.0. The lowest BCUT2D eigenvalue weighted by atomic mass is 10.2. The number of nitrogens with one attached hydrogen (secondary N) is 2. The van der Waals surface area contributed by atoms with Crippen molar-refractivity contribution < 1.29 is 17.9 Å². The van der Waals surface area contributed by atoms with Gasteiger partial charge in [0, 0.05) is 20.6 Å². The molecular weight excluding hydrogens is 318 g/mol. The summed E-state index contributed by atoms with van der Waals surface area (Å²) >= 11 is 0. The van der Waals surface area contributed by atoms with Crippen molar-refractivity contribution in [2.24, 2.45) is 5.92 Å². The van der Waals surface area contributed by atoms with Crippen molar-refractivity contribution in [1.82, 2.24) is 9.62 Å². The predicted molar refractivity (Wildman–Crippen MR) is 90.3 cm³/mol. The highest BCUT2D eigenvalue weighted by Gasteiger charge is 2.20. The van der Waals surface area contributed by atoms with Crippen LogP contribution in [-0.2, 0) is 10.0 Å². The van der Waals surface area contributed by atoms with E-state index in [4.69, 9.17) is 4.74 Å². The highest BCUT2D eigenvalue weighted by Crippen LogP contribution is 2.28. The molecule has 2 amide bonds. The molecule has 0 bridgehead atoms. The average Bonchev–Trinajstić information content (AvgIpc) is 2.46. The van der Waals surface area contributed by atoms with Crippen LogP contribution >= 0.6 is 0 Å². The molecule has 1 rings (SSSR count). The van der Waals surface area contributed by atoms with Crippen molar-refractivity contribution in [3.63, 3.8) is 0 Å². The maximum atomic E-state index is 12.2. The first-order valence-corrected chi connectivity index (χ1v) is 8.86. The molecule has 0 heterocycles. The zero-order chi connectivity index (χ0) is 17.6. The quantitative estimate of drug-likeness (QED) is 0.794. The summed E-state index contributed by atoms with van der Waals surface area (Å²) in [6.07, 6.45) is 0. The minimum Gasteiger partial charge on any atom is -0.492 e. The molecule has 0 fully saturated rings. The van der Waals surface area contributed by atoms with Gasteiger partial charge in [0.25, 0.3) is 0 Å². The molecule has 0 saturated carbocycles. The third-order valence-corrected chi connectivity index (χ3v) is 4.76. The molecule has 130 valence electrons. The minimum atomic E-state index is -3.59. The summed E-state index contributed by atoms with van der Waals surface area (Å²) in [6.45, 7) is 6.70. The standard InChI is InChI=1S/C15H25N3O4S/c1-6-22-14-8-7-12(23(20,21)18(4)5)9-13(14)17-15(19)16-10-11(2)3/h7-9,11H,6,10H2,1-5H3,(H2,16,17,19). The number of anilines is 1. The largest absolute Gasteiger partial charge is 0.492 e. The first kappa shape index (κ1) is 19.2. The van der Waals surface area contributed by atoms with Crippen LogP contribution in [0.15, 0.2) is 23.1 Å². The van der Waals surface area contributed by atoms with Crippen LogP contribution in [0.3, 0.4) is 0 Å². The van der Waals surface area contributed by atoms with Gasteiger partial charge >= 0.3 is 6.03 Å². The highest BCUT2D eigenvalue weighted by molar-refractivity contribution is 7.89. The van der Waals surface area contributed by atoms with Crippen molar-refractivity contribution in [2.45, 2.75) is 25.7 Å². The molecule has 0 unspecified atom stereocenters. The van der Waals surface area contributed by atoms with Crippen LogP contribution in [0.2, 0.25) is 0 Å². The number of benzene rings is 1. The van der Waals surface area contributed by atoms with Crippen LogP contribution in [0.1, 0.15) is 20.8 Å². The first-order valence-electron chi connectivity index (χ1n) is 7.42. The third-order valence-electron chi connectivity index (χ3n) is 2.95. The van der Waals surface area contributed by atoms with E-state index in [1.54, 1.807) is 0 Å². The molecule has 0 radical (unpaired) electrons. The Balaban J connectivity index is 3.09. The molecule has 0 aliphatic heterocycles. The monoisotopic (exact) mass is 343 g/mol. The number of carbonyl (C=O) groups excluding carboxylic acids is 1. The number of hydrogen-bond donors (Lipinski definition) is 2.